The molecule has 14 heavy (non-hydrogen) atoms. The first-order valence-electron chi connectivity index (χ1n) is 4.29. The summed E-state index contributed by atoms with van der Waals surface area (Å²) in [5.41, 5.74) is 1.05. The van der Waals surface area contributed by atoms with Crippen molar-refractivity contribution in [3.63, 3.8) is 0 Å². The van der Waals surface area contributed by atoms with Gasteiger partial charge in [0.1, 0.15) is 12.4 Å². The maximum Gasteiger partial charge on any atom is 0.151 e. The Balaban J connectivity index is 2.26. The Morgan fingerprint density at radius 1 is 1.43 bits per heavy atom. The van der Waals surface area contributed by atoms with E-state index < -0.39 is 0 Å². The molecule has 1 aromatic heterocycles. The highest BCUT2D eigenvalue weighted by Gasteiger charge is 2.16. The molecule has 0 aliphatic carbocycles. The normalized spacial score (nSPS) is 12.9. The second kappa shape index (κ2) is 2.85. The molecule has 0 amide bonds. The van der Waals surface area contributed by atoms with Gasteiger partial charge in [-0.05, 0) is 18.2 Å². The molecule has 0 N–H and O–H groups in total. The van der Waals surface area contributed by atoms with Crippen LogP contribution < -0.4 is 4.74 Å². The lowest BCUT2D eigenvalue weighted by atomic mass is 10.2. The van der Waals surface area contributed by atoms with Crippen LogP contribution in [-0.4, -0.2) is 9.55 Å². The lowest BCUT2D eigenvalue weighted by Gasteiger charge is -2.19. The summed E-state index contributed by atoms with van der Waals surface area (Å²) in [6.45, 7) is 0.538. The molecule has 0 unspecified atom stereocenters. The lowest BCUT2D eigenvalue weighted by molar-refractivity contribution is 0.279. The van der Waals surface area contributed by atoms with E-state index in [0.29, 0.717) is 6.61 Å². The van der Waals surface area contributed by atoms with Crippen LogP contribution in [0.15, 0.2) is 35.1 Å². The lowest BCUT2D eigenvalue weighted by Crippen LogP contribution is -2.12. The highest BCUT2D eigenvalue weighted by molar-refractivity contribution is 9.10. The summed E-state index contributed by atoms with van der Waals surface area (Å²) in [6, 6.07) is 5.99. The quantitative estimate of drug-likeness (QED) is 0.719. The fraction of sp³-hybridized carbons (Fsp3) is 0.100. The smallest absolute Gasteiger partial charge is 0.151 e. The summed E-state index contributed by atoms with van der Waals surface area (Å²) >= 11 is 3.42. The Labute approximate surface area is 89.5 Å². The zero-order valence-electron chi connectivity index (χ0n) is 7.27. The third-order valence-electron chi connectivity index (χ3n) is 2.26. The first-order chi connectivity index (χ1) is 6.84. The number of hydrogen-bond acceptors (Lipinski definition) is 2. The van der Waals surface area contributed by atoms with E-state index in [2.05, 4.69) is 20.9 Å². The molecule has 2 heterocycles. The first kappa shape index (κ1) is 8.05. The minimum absolute atomic E-state index is 0.538. The molecule has 1 aromatic carbocycles. The molecule has 3 rings (SSSR count). The molecule has 0 bridgehead atoms. The zero-order valence-corrected chi connectivity index (χ0v) is 8.86. The summed E-state index contributed by atoms with van der Waals surface area (Å²) in [4.78, 5) is 4.20. The van der Waals surface area contributed by atoms with Gasteiger partial charge in [-0.3, -0.25) is 4.57 Å². The average Bonchev–Trinajstić information content (AvgIpc) is 2.65. The Morgan fingerprint density at radius 2 is 2.36 bits per heavy atom. The molecule has 4 heteroatoms. The van der Waals surface area contributed by atoms with Crippen LogP contribution in [0.25, 0.3) is 5.69 Å². The van der Waals surface area contributed by atoms with E-state index in [1.165, 1.54) is 0 Å². The van der Waals surface area contributed by atoms with Crippen LogP contribution in [-0.2, 0) is 6.61 Å². The first-order valence-corrected chi connectivity index (χ1v) is 5.09. The molecule has 0 radical (unpaired) electrons. The van der Waals surface area contributed by atoms with Crippen LogP contribution in [0.5, 0.6) is 5.75 Å². The molecule has 0 atom stereocenters. The largest absolute Gasteiger partial charge is 0.483 e. The number of nitrogens with zero attached hydrogens (tertiary/aromatic N) is 2. The van der Waals surface area contributed by atoms with Crippen molar-refractivity contribution in [2.75, 3.05) is 0 Å². The minimum Gasteiger partial charge on any atom is -0.483 e. The predicted octanol–water partition coefficient (Wildman–Crippen LogP) is 2.53. The van der Waals surface area contributed by atoms with E-state index in [0.717, 1.165) is 21.7 Å². The van der Waals surface area contributed by atoms with Crippen LogP contribution in [0.3, 0.4) is 0 Å². The van der Waals surface area contributed by atoms with Crippen molar-refractivity contribution in [3.05, 3.63) is 40.9 Å². The number of halogens is 1. The van der Waals surface area contributed by atoms with Crippen molar-refractivity contribution in [1.29, 1.82) is 0 Å². The number of fused-ring (bicyclic) bond motifs is 3. The summed E-state index contributed by atoms with van der Waals surface area (Å²) in [5, 5.41) is 0. The third kappa shape index (κ3) is 1.07. The average molecular weight is 251 g/mol. The maximum atomic E-state index is 5.58. The van der Waals surface area contributed by atoms with Crippen LogP contribution in [0, 0.1) is 0 Å². The number of rotatable bonds is 0. The number of aromatic nitrogens is 2. The highest BCUT2D eigenvalue weighted by Crippen LogP contribution is 2.31. The monoisotopic (exact) mass is 250 g/mol. The van der Waals surface area contributed by atoms with Crippen molar-refractivity contribution in [2.45, 2.75) is 6.61 Å². The van der Waals surface area contributed by atoms with Gasteiger partial charge < -0.3 is 4.74 Å². The second-order valence-corrected chi connectivity index (χ2v) is 4.03. The standard InChI is InChI=1S/C10H7BrN2O/c11-7-1-2-8-9(5-7)14-6-10-12-3-4-13(8)10/h1-5H,6H2. The predicted molar refractivity (Wildman–Crippen MR) is 55.6 cm³/mol. The molecular formula is C10H7BrN2O. The number of hydrogen-bond donors (Lipinski definition) is 0. The molecule has 0 saturated heterocycles. The highest BCUT2D eigenvalue weighted by atomic mass is 79.9. The topological polar surface area (TPSA) is 27.1 Å². The fourth-order valence-corrected chi connectivity index (χ4v) is 1.95. The molecule has 3 nitrogen and oxygen atoms in total. The Morgan fingerprint density at radius 3 is 3.29 bits per heavy atom. The molecule has 0 spiro atoms. The van der Waals surface area contributed by atoms with Crippen molar-refractivity contribution >= 4 is 15.9 Å². The van der Waals surface area contributed by atoms with Gasteiger partial charge >= 0.3 is 0 Å². The van der Waals surface area contributed by atoms with Gasteiger partial charge in [-0.2, -0.15) is 0 Å². The van der Waals surface area contributed by atoms with Crippen LogP contribution >= 0.6 is 15.9 Å². The number of benzene rings is 1. The fourth-order valence-electron chi connectivity index (χ4n) is 1.61. The Kier molecular flexibility index (Phi) is 1.64. The van der Waals surface area contributed by atoms with Crippen LogP contribution in [0.2, 0.25) is 0 Å². The summed E-state index contributed by atoms with van der Waals surface area (Å²) in [7, 11) is 0. The summed E-state index contributed by atoms with van der Waals surface area (Å²) < 4.78 is 8.65. The summed E-state index contributed by atoms with van der Waals surface area (Å²) in [5.74, 6) is 1.84. The molecule has 1 aliphatic rings. The van der Waals surface area contributed by atoms with Crippen LogP contribution in [0.1, 0.15) is 5.82 Å². The number of ether oxygens (including phenoxy) is 1. The minimum atomic E-state index is 0.538. The van der Waals surface area contributed by atoms with Gasteiger partial charge in [0.15, 0.2) is 5.82 Å². The molecular weight excluding hydrogens is 244 g/mol. The van der Waals surface area contributed by atoms with E-state index in [4.69, 9.17) is 4.74 Å². The van der Waals surface area contributed by atoms with Crippen molar-refractivity contribution in [1.82, 2.24) is 9.55 Å². The Bertz CT molecular complexity index is 493. The zero-order chi connectivity index (χ0) is 9.54. The van der Waals surface area contributed by atoms with Crippen LogP contribution in [0.4, 0.5) is 0 Å². The van der Waals surface area contributed by atoms with Gasteiger partial charge in [-0.1, -0.05) is 15.9 Å². The van der Waals surface area contributed by atoms with Crippen molar-refractivity contribution in [2.24, 2.45) is 0 Å². The van der Waals surface area contributed by atoms with Gasteiger partial charge in [0.25, 0.3) is 0 Å². The molecule has 70 valence electrons. The summed E-state index contributed by atoms with van der Waals surface area (Å²) in [6.07, 6.45) is 3.74. The SMILES string of the molecule is Brc1ccc2c(c1)OCc1nccn1-2. The molecule has 0 saturated carbocycles. The maximum absolute atomic E-state index is 5.58. The van der Waals surface area contributed by atoms with Crippen molar-refractivity contribution in [3.8, 4) is 11.4 Å². The van der Waals surface area contributed by atoms with E-state index in [1.54, 1.807) is 6.20 Å². The second-order valence-electron chi connectivity index (χ2n) is 3.11. The number of imidazole rings is 1. The van der Waals surface area contributed by atoms with E-state index in [9.17, 15) is 0 Å². The van der Waals surface area contributed by atoms with Gasteiger partial charge in [0.2, 0.25) is 0 Å². The van der Waals surface area contributed by atoms with Gasteiger partial charge in [-0.25, -0.2) is 4.98 Å². The third-order valence-corrected chi connectivity index (χ3v) is 2.75. The molecule has 2 aromatic rings. The van der Waals surface area contributed by atoms with E-state index in [1.807, 2.05) is 29.0 Å². The Hall–Kier alpha value is -1.29. The van der Waals surface area contributed by atoms with E-state index >= 15 is 0 Å². The molecule has 1 aliphatic heterocycles. The van der Waals surface area contributed by atoms with Gasteiger partial charge in [0.05, 0.1) is 5.69 Å². The van der Waals surface area contributed by atoms with Crippen molar-refractivity contribution < 1.29 is 4.74 Å². The van der Waals surface area contributed by atoms with E-state index in [-0.39, 0.29) is 0 Å². The van der Waals surface area contributed by atoms with Gasteiger partial charge in [0, 0.05) is 16.9 Å². The van der Waals surface area contributed by atoms with Gasteiger partial charge in [-0.15, -0.1) is 0 Å². The molecule has 0 fully saturated rings.